The Morgan fingerprint density at radius 2 is 0.816 bits per heavy atom. The molecule has 354 valence electrons. The lowest BCUT2D eigenvalue weighted by molar-refractivity contribution is 0.669. The van der Waals surface area contributed by atoms with Crippen molar-refractivity contribution >= 4 is 107 Å². The van der Waals surface area contributed by atoms with Gasteiger partial charge in [0.25, 0.3) is 0 Å². The SMILES string of the molecule is c1ccc(-c2nc(-c3ccccc3-c3cccc4sc5ccccc5c34)nc(-c3cccc4oc5ccc(-c6ccc7sc8ccc(-c9ccc%10c(c9)c9ccccc9n%10-c9ccccc9)cc8c7c6)cc5c34)n2)cc1. The number of aromatic nitrogens is 4. The molecule has 0 atom stereocenters. The van der Waals surface area contributed by atoms with Gasteiger partial charge in [0.1, 0.15) is 11.2 Å². The van der Waals surface area contributed by atoms with Gasteiger partial charge in [0, 0.05) is 84.3 Å². The van der Waals surface area contributed by atoms with Crippen LogP contribution in [-0.4, -0.2) is 19.5 Å². The van der Waals surface area contributed by atoms with Gasteiger partial charge in [-0.2, -0.15) is 0 Å². The fourth-order valence-corrected chi connectivity index (χ4v) is 13.8. The van der Waals surface area contributed by atoms with Gasteiger partial charge in [0.2, 0.25) is 0 Å². The third-order valence-electron chi connectivity index (χ3n) is 15.1. The first-order valence-electron chi connectivity index (χ1n) is 25.5. The van der Waals surface area contributed by atoms with E-state index in [1.807, 2.05) is 53.0 Å². The number of para-hydroxylation sites is 2. The molecule has 0 aliphatic carbocycles. The van der Waals surface area contributed by atoms with Crippen LogP contribution < -0.4 is 0 Å². The first-order valence-corrected chi connectivity index (χ1v) is 27.1. The van der Waals surface area contributed by atoms with Crippen molar-refractivity contribution in [3.05, 3.63) is 243 Å². The highest BCUT2D eigenvalue weighted by atomic mass is 32.1. The molecule has 76 heavy (non-hydrogen) atoms. The number of hydrogen-bond donors (Lipinski definition) is 0. The number of hydrogen-bond acceptors (Lipinski definition) is 6. The van der Waals surface area contributed by atoms with Crippen molar-refractivity contribution in [2.45, 2.75) is 0 Å². The van der Waals surface area contributed by atoms with E-state index in [1.165, 1.54) is 73.3 Å². The minimum Gasteiger partial charge on any atom is -0.456 e. The van der Waals surface area contributed by atoms with Crippen LogP contribution in [0.15, 0.2) is 247 Å². The Bertz CT molecular complexity index is 5010. The number of fused-ring (bicyclic) bond motifs is 12. The fraction of sp³-hybridized carbons (Fsp3) is 0. The standard InChI is InChI=1S/C69H40N4OS2/c1-3-15-41(16-4-1)67-70-68(50-21-8-7-19-47(50)49-23-14-28-64-66(49)51-22-10-12-27-61(51)76-64)72-69(71-67)52-24-13-26-60-65(52)56-40-43(30-34-59(56)74-60)45-32-36-63-55(39-45)54-38-44(31-35-62(54)75-63)42-29-33-58-53(37-42)48-20-9-11-25-57(48)73(58)46-17-5-2-6-18-46/h1-40H. The molecular formula is C69H40N4OS2. The predicted molar refractivity (Wildman–Crippen MR) is 320 cm³/mol. The normalized spacial score (nSPS) is 11.9. The van der Waals surface area contributed by atoms with Crippen LogP contribution in [0.5, 0.6) is 0 Å². The molecular weight excluding hydrogens is 965 g/mol. The molecule has 5 nitrogen and oxygen atoms in total. The molecule has 0 radical (unpaired) electrons. The molecule has 0 amide bonds. The number of thiophene rings is 2. The molecule has 0 saturated carbocycles. The maximum Gasteiger partial charge on any atom is 0.164 e. The molecule has 0 aliphatic heterocycles. The van der Waals surface area contributed by atoms with Gasteiger partial charge < -0.3 is 8.98 Å². The summed E-state index contributed by atoms with van der Waals surface area (Å²) >= 11 is 3.67. The average Bonchev–Trinajstić information content (AvgIpc) is 4.29. The highest BCUT2D eigenvalue weighted by Crippen LogP contribution is 2.45. The third kappa shape index (κ3) is 6.80. The number of rotatable bonds is 7. The highest BCUT2D eigenvalue weighted by molar-refractivity contribution is 7.26. The molecule has 7 heteroatoms. The van der Waals surface area contributed by atoms with E-state index in [1.54, 1.807) is 0 Å². The largest absolute Gasteiger partial charge is 0.456 e. The summed E-state index contributed by atoms with van der Waals surface area (Å²) in [5.41, 5.74) is 14.7. The van der Waals surface area contributed by atoms with Crippen LogP contribution in [0, 0.1) is 0 Å². The van der Waals surface area contributed by atoms with Crippen molar-refractivity contribution in [3.63, 3.8) is 0 Å². The summed E-state index contributed by atoms with van der Waals surface area (Å²) in [4.78, 5) is 15.9. The summed E-state index contributed by atoms with van der Waals surface area (Å²) < 4.78 is 14.1. The van der Waals surface area contributed by atoms with E-state index < -0.39 is 0 Å². The molecule has 0 bridgehead atoms. The number of nitrogens with zero attached hydrogens (tertiary/aromatic N) is 4. The zero-order valence-corrected chi connectivity index (χ0v) is 42.2. The minimum absolute atomic E-state index is 0.583. The van der Waals surface area contributed by atoms with Crippen LogP contribution in [0.4, 0.5) is 0 Å². The first kappa shape index (κ1) is 42.9. The summed E-state index contributed by atoms with van der Waals surface area (Å²) in [7, 11) is 0. The maximum atomic E-state index is 6.66. The van der Waals surface area contributed by atoms with E-state index in [-0.39, 0.29) is 0 Å². The van der Waals surface area contributed by atoms with E-state index in [4.69, 9.17) is 19.4 Å². The molecule has 16 aromatic rings. The summed E-state index contributed by atoms with van der Waals surface area (Å²) in [6.07, 6.45) is 0. The second kappa shape index (κ2) is 17.0. The molecule has 0 N–H and O–H groups in total. The van der Waals surface area contributed by atoms with E-state index in [0.29, 0.717) is 17.5 Å². The molecule has 5 heterocycles. The summed E-state index contributed by atoms with van der Waals surface area (Å²) in [6, 6.07) is 86.8. The van der Waals surface area contributed by atoms with Crippen molar-refractivity contribution in [2.24, 2.45) is 0 Å². The summed E-state index contributed by atoms with van der Waals surface area (Å²) in [5.74, 6) is 1.80. The van der Waals surface area contributed by atoms with Gasteiger partial charge in [-0.3, -0.25) is 0 Å². The molecule has 16 rings (SSSR count). The van der Waals surface area contributed by atoms with Crippen LogP contribution in [0.25, 0.3) is 157 Å². The first-order chi connectivity index (χ1) is 37.6. The van der Waals surface area contributed by atoms with Crippen molar-refractivity contribution in [2.75, 3.05) is 0 Å². The van der Waals surface area contributed by atoms with Crippen LogP contribution in [0.1, 0.15) is 0 Å². The van der Waals surface area contributed by atoms with E-state index in [0.717, 1.165) is 66.6 Å². The molecule has 0 saturated heterocycles. The van der Waals surface area contributed by atoms with Gasteiger partial charge >= 0.3 is 0 Å². The van der Waals surface area contributed by atoms with Gasteiger partial charge in [-0.15, -0.1) is 22.7 Å². The second-order valence-corrected chi connectivity index (χ2v) is 21.6. The Labute approximate surface area is 443 Å². The molecule has 0 fully saturated rings. The zero-order chi connectivity index (χ0) is 49.8. The second-order valence-electron chi connectivity index (χ2n) is 19.4. The Hall–Kier alpha value is -9.53. The van der Waals surface area contributed by atoms with E-state index in [9.17, 15) is 0 Å². The van der Waals surface area contributed by atoms with Crippen LogP contribution in [0.3, 0.4) is 0 Å². The van der Waals surface area contributed by atoms with Gasteiger partial charge in [-0.05, 0) is 118 Å². The molecule has 5 aromatic heterocycles. The van der Waals surface area contributed by atoms with Crippen molar-refractivity contribution in [1.82, 2.24) is 19.5 Å². The summed E-state index contributed by atoms with van der Waals surface area (Å²) in [5, 5.41) is 9.45. The lowest BCUT2D eigenvalue weighted by atomic mass is 9.95. The van der Waals surface area contributed by atoms with E-state index >= 15 is 0 Å². The highest BCUT2D eigenvalue weighted by Gasteiger charge is 2.22. The fourth-order valence-electron chi connectivity index (χ4n) is 11.6. The molecule has 0 spiro atoms. The zero-order valence-electron chi connectivity index (χ0n) is 40.6. The predicted octanol–water partition coefficient (Wildman–Crippen LogP) is 19.6. The van der Waals surface area contributed by atoms with Crippen LogP contribution in [-0.2, 0) is 0 Å². The average molecular weight is 1010 g/mol. The van der Waals surface area contributed by atoms with Crippen molar-refractivity contribution in [1.29, 1.82) is 0 Å². The quantitative estimate of drug-likeness (QED) is 0.160. The Balaban J connectivity index is 0.820. The smallest absolute Gasteiger partial charge is 0.164 e. The topological polar surface area (TPSA) is 56.7 Å². The number of furan rings is 1. The Morgan fingerprint density at radius 3 is 1.61 bits per heavy atom. The van der Waals surface area contributed by atoms with Crippen molar-refractivity contribution < 1.29 is 4.42 Å². The Morgan fingerprint density at radius 1 is 0.289 bits per heavy atom. The van der Waals surface area contributed by atoms with Gasteiger partial charge in [0.15, 0.2) is 17.5 Å². The van der Waals surface area contributed by atoms with Gasteiger partial charge in [0.05, 0.1) is 11.0 Å². The van der Waals surface area contributed by atoms with Crippen LogP contribution in [0.2, 0.25) is 0 Å². The number of benzene rings is 11. The lowest BCUT2D eigenvalue weighted by Gasteiger charge is -2.13. The Kier molecular flexibility index (Phi) is 9.61. The van der Waals surface area contributed by atoms with E-state index in [2.05, 4.69) is 217 Å². The van der Waals surface area contributed by atoms with Crippen molar-refractivity contribution in [3.8, 4) is 73.2 Å². The third-order valence-corrected chi connectivity index (χ3v) is 17.4. The minimum atomic E-state index is 0.583. The lowest BCUT2D eigenvalue weighted by Crippen LogP contribution is -2.01. The summed E-state index contributed by atoms with van der Waals surface area (Å²) in [6.45, 7) is 0. The molecule has 11 aromatic carbocycles. The molecule has 0 aliphatic rings. The van der Waals surface area contributed by atoms with Gasteiger partial charge in [-0.25, -0.2) is 15.0 Å². The maximum absolute atomic E-state index is 6.66. The van der Waals surface area contributed by atoms with Gasteiger partial charge in [-0.1, -0.05) is 158 Å². The van der Waals surface area contributed by atoms with Crippen LogP contribution >= 0.6 is 22.7 Å². The monoisotopic (exact) mass is 1000 g/mol. The molecule has 0 unspecified atom stereocenters.